The first-order valence-corrected chi connectivity index (χ1v) is 7.78. The summed E-state index contributed by atoms with van der Waals surface area (Å²) < 4.78 is 0. The Kier molecular flexibility index (Phi) is 3.55. The highest BCUT2D eigenvalue weighted by Crippen LogP contribution is 2.37. The van der Waals surface area contributed by atoms with Gasteiger partial charge in [-0.05, 0) is 54.0 Å². The molecule has 2 aromatic rings. The Hall–Kier alpha value is -1.34. The van der Waals surface area contributed by atoms with Crippen molar-refractivity contribution in [3.8, 4) is 0 Å². The number of hydrogen-bond donors (Lipinski definition) is 1. The van der Waals surface area contributed by atoms with E-state index in [-0.39, 0.29) is 0 Å². The van der Waals surface area contributed by atoms with Gasteiger partial charge in [0, 0.05) is 12.1 Å². The highest BCUT2D eigenvalue weighted by atomic mass is 15.0. The molecule has 1 aliphatic rings. The van der Waals surface area contributed by atoms with Gasteiger partial charge < -0.3 is 5.32 Å². The lowest BCUT2D eigenvalue weighted by Crippen LogP contribution is -2.30. The van der Waals surface area contributed by atoms with E-state index in [0.29, 0.717) is 17.5 Å². The minimum atomic E-state index is 0.429. The lowest BCUT2D eigenvalue weighted by Gasteiger charge is -2.22. The van der Waals surface area contributed by atoms with Gasteiger partial charge in [-0.2, -0.15) is 0 Å². The van der Waals surface area contributed by atoms with Crippen LogP contribution in [0.4, 0.5) is 0 Å². The second kappa shape index (κ2) is 5.21. The highest BCUT2D eigenvalue weighted by Gasteiger charge is 2.31. The summed E-state index contributed by atoms with van der Waals surface area (Å²) in [5, 5.41) is 6.48. The molecule has 1 N–H and O–H groups in total. The van der Waals surface area contributed by atoms with Crippen molar-refractivity contribution in [1.29, 1.82) is 0 Å². The van der Waals surface area contributed by atoms with Gasteiger partial charge in [-0.25, -0.2) is 0 Å². The Morgan fingerprint density at radius 3 is 2.55 bits per heavy atom. The number of nitrogens with one attached hydrogen (secondary N) is 1. The van der Waals surface area contributed by atoms with Crippen molar-refractivity contribution >= 4 is 10.8 Å². The van der Waals surface area contributed by atoms with Gasteiger partial charge in [0.1, 0.15) is 0 Å². The van der Waals surface area contributed by atoms with E-state index in [1.54, 1.807) is 0 Å². The fourth-order valence-electron chi connectivity index (χ4n) is 3.51. The fraction of sp³-hybridized carbons (Fsp3) is 0.474. The smallest absolute Gasteiger partial charge is 0.0294 e. The maximum Gasteiger partial charge on any atom is 0.0294 e. The van der Waals surface area contributed by atoms with Crippen molar-refractivity contribution in [2.45, 2.75) is 52.1 Å². The minimum absolute atomic E-state index is 0.429. The van der Waals surface area contributed by atoms with Gasteiger partial charge in [-0.15, -0.1) is 0 Å². The molecule has 2 aromatic carbocycles. The molecule has 1 saturated carbocycles. The van der Waals surface area contributed by atoms with Crippen molar-refractivity contribution < 1.29 is 0 Å². The maximum absolute atomic E-state index is 3.82. The second-order valence-corrected chi connectivity index (χ2v) is 7.10. The van der Waals surface area contributed by atoms with Gasteiger partial charge in [0.25, 0.3) is 0 Å². The van der Waals surface area contributed by atoms with E-state index in [4.69, 9.17) is 0 Å². The molecule has 0 aliphatic heterocycles. The molecule has 20 heavy (non-hydrogen) atoms. The number of hydrogen-bond acceptors (Lipinski definition) is 1. The summed E-state index contributed by atoms with van der Waals surface area (Å²) in [6.07, 6.45) is 3.95. The molecule has 1 heteroatoms. The number of benzene rings is 2. The molecule has 0 heterocycles. The Morgan fingerprint density at radius 2 is 1.85 bits per heavy atom. The van der Waals surface area contributed by atoms with E-state index < -0.39 is 0 Å². The lowest BCUT2D eigenvalue weighted by molar-refractivity contribution is 0.356. The molecule has 106 valence electrons. The monoisotopic (exact) mass is 267 g/mol. The van der Waals surface area contributed by atoms with E-state index in [2.05, 4.69) is 68.6 Å². The van der Waals surface area contributed by atoms with Crippen LogP contribution in [0, 0.1) is 5.41 Å². The second-order valence-electron chi connectivity index (χ2n) is 7.10. The van der Waals surface area contributed by atoms with Crippen LogP contribution < -0.4 is 5.32 Å². The van der Waals surface area contributed by atoms with E-state index in [1.165, 1.54) is 35.6 Å². The summed E-state index contributed by atoms with van der Waals surface area (Å²) in [5.74, 6) is 0. The van der Waals surface area contributed by atoms with Crippen molar-refractivity contribution in [2.24, 2.45) is 5.41 Å². The summed E-state index contributed by atoms with van der Waals surface area (Å²) in [4.78, 5) is 0. The van der Waals surface area contributed by atoms with Crippen LogP contribution in [0.25, 0.3) is 10.8 Å². The molecule has 1 aliphatic carbocycles. The van der Waals surface area contributed by atoms with Crippen LogP contribution in [-0.4, -0.2) is 6.04 Å². The molecule has 2 atom stereocenters. The van der Waals surface area contributed by atoms with Crippen molar-refractivity contribution in [1.82, 2.24) is 5.32 Å². The first-order valence-electron chi connectivity index (χ1n) is 7.78. The molecular formula is C19H25N. The van der Waals surface area contributed by atoms with Gasteiger partial charge >= 0.3 is 0 Å². The molecule has 0 radical (unpaired) electrons. The van der Waals surface area contributed by atoms with Crippen LogP contribution in [0.3, 0.4) is 0 Å². The predicted octanol–water partition coefficient (Wildman–Crippen LogP) is 5.07. The van der Waals surface area contributed by atoms with Gasteiger partial charge in [0.2, 0.25) is 0 Å². The Morgan fingerprint density at radius 1 is 1.10 bits per heavy atom. The van der Waals surface area contributed by atoms with Crippen molar-refractivity contribution in [3.05, 3.63) is 48.0 Å². The third-order valence-corrected chi connectivity index (χ3v) is 4.73. The van der Waals surface area contributed by atoms with Crippen molar-refractivity contribution in [3.63, 3.8) is 0 Å². The van der Waals surface area contributed by atoms with E-state index >= 15 is 0 Å². The zero-order valence-corrected chi connectivity index (χ0v) is 12.8. The van der Waals surface area contributed by atoms with Gasteiger partial charge in [0.15, 0.2) is 0 Å². The molecule has 2 unspecified atom stereocenters. The van der Waals surface area contributed by atoms with Crippen LogP contribution in [0.2, 0.25) is 0 Å². The van der Waals surface area contributed by atoms with E-state index in [0.717, 1.165) is 0 Å². The minimum Gasteiger partial charge on any atom is -0.307 e. The molecule has 0 spiro atoms. The molecule has 0 amide bonds. The van der Waals surface area contributed by atoms with Crippen molar-refractivity contribution in [2.75, 3.05) is 0 Å². The molecule has 0 saturated heterocycles. The molecule has 3 rings (SSSR count). The topological polar surface area (TPSA) is 12.0 Å². The Labute approximate surface area is 122 Å². The molecule has 1 fully saturated rings. The largest absolute Gasteiger partial charge is 0.307 e. The first-order chi connectivity index (χ1) is 9.53. The summed E-state index contributed by atoms with van der Waals surface area (Å²) in [6.45, 7) is 7.06. The first kappa shape index (κ1) is 13.6. The predicted molar refractivity (Wildman–Crippen MR) is 86.9 cm³/mol. The Balaban J connectivity index is 1.74. The van der Waals surface area contributed by atoms with Crippen LogP contribution in [0.15, 0.2) is 42.5 Å². The zero-order chi connectivity index (χ0) is 14.2. The molecular weight excluding hydrogens is 242 g/mol. The van der Waals surface area contributed by atoms with Crippen LogP contribution in [-0.2, 0) is 0 Å². The number of fused-ring (bicyclic) bond motifs is 1. The third-order valence-electron chi connectivity index (χ3n) is 4.73. The SMILES string of the molecule is CC(NC1CCC(C)(C)C1)c1ccc2ccccc2c1. The van der Waals surface area contributed by atoms with Gasteiger partial charge in [-0.1, -0.05) is 50.2 Å². The van der Waals surface area contributed by atoms with Gasteiger partial charge in [-0.3, -0.25) is 0 Å². The summed E-state index contributed by atoms with van der Waals surface area (Å²) in [5.41, 5.74) is 1.91. The highest BCUT2D eigenvalue weighted by molar-refractivity contribution is 5.83. The average molecular weight is 267 g/mol. The van der Waals surface area contributed by atoms with E-state index in [9.17, 15) is 0 Å². The quantitative estimate of drug-likeness (QED) is 0.818. The summed E-state index contributed by atoms with van der Waals surface area (Å²) in [6, 6.07) is 16.5. The van der Waals surface area contributed by atoms with Gasteiger partial charge in [0.05, 0.1) is 0 Å². The molecule has 0 aromatic heterocycles. The number of rotatable bonds is 3. The van der Waals surface area contributed by atoms with E-state index in [1.807, 2.05) is 0 Å². The maximum atomic E-state index is 3.82. The van der Waals surface area contributed by atoms with Crippen LogP contribution in [0.1, 0.15) is 51.6 Å². The Bertz CT molecular complexity index is 599. The molecule has 1 nitrogen and oxygen atoms in total. The summed E-state index contributed by atoms with van der Waals surface area (Å²) in [7, 11) is 0. The average Bonchev–Trinajstić information content (AvgIpc) is 2.77. The van der Waals surface area contributed by atoms with Crippen LogP contribution in [0.5, 0.6) is 0 Å². The fourth-order valence-corrected chi connectivity index (χ4v) is 3.51. The lowest BCUT2D eigenvalue weighted by atomic mass is 9.91. The normalized spacial score (nSPS) is 23.1. The zero-order valence-electron chi connectivity index (χ0n) is 12.8. The van der Waals surface area contributed by atoms with Crippen LogP contribution >= 0.6 is 0 Å². The molecule has 0 bridgehead atoms. The standard InChI is InChI=1S/C19H25N/c1-14(20-18-10-11-19(2,3)13-18)16-9-8-15-6-4-5-7-17(15)12-16/h4-9,12,14,18,20H,10-11,13H2,1-3H3. The third kappa shape index (κ3) is 2.88. The summed E-state index contributed by atoms with van der Waals surface area (Å²) >= 11 is 0.